The number of carbonyl (C=O) groups excluding carboxylic acids is 4. The summed E-state index contributed by atoms with van der Waals surface area (Å²) in [6, 6.07) is 27.9. The molecular weight excluding hydrogens is 528 g/mol. The van der Waals surface area contributed by atoms with Gasteiger partial charge in [0, 0.05) is 28.2 Å². The van der Waals surface area contributed by atoms with Crippen LogP contribution < -0.4 is 21.7 Å². The number of nitrogens with two attached hydrogens (primary N) is 1. The Morgan fingerprint density at radius 2 is 0.976 bits per heavy atom. The van der Waals surface area contributed by atoms with Crippen molar-refractivity contribution in [3.8, 4) is 11.1 Å². The van der Waals surface area contributed by atoms with Crippen LogP contribution in [0, 0.1) is 0 Å². The molecule has 8 nitrogen and oxygen atoms in total. The summed E-state index contributed by atoms with van der Waals surface area (Å²) in [6.45, 7) is 0. The van der Waals surface area contributed by atoms with Crippen molar-refractivity contribution in [1.82, 2.24) is 0 Å². The molecule has 5 rings (SSSR count). The first-order chi connectivity index (χ1) is 21.6. The lowest BCUT2D eigenvalue weighted by Crippen LogP contribution is -2.21. The summed E-state index contributed by atoms with van der Waals surface area (Å²) in [5.41, 5.74) is 7.18. The van der Waals surface area contributed by atoms with Gasteiger partial charge in [-0.05, 0) is 77.8 Å². The summed E-state index contributed by atoms with van der Waals surface area (Å²) in [7, 11) is 0. The Labute approximate surface area is 246 Å². The Kier molecular flexibility index (Phi) is 7.06. The number of primary amides is 1. The highest BCUT2D eigenvalue weighted by atomic mass is 16.2. The number of nitrogens with one attached hydrogen (secondary N) is 3. The average molecular weight is 561 g/mol. The maximum atomic E-state index is 13.5. The minimum atomic E-state index is -1.06. The molecule has 0 saturated heterocycles. The summed E-state index contributed by atoms with van der Waals surface area (Å²) in [5, 5.41) is 8.12. The van der Waals surface area contributed by atoms with E-state index < -0.39 is 35.5 Å². The monoisotopic (exact) mass is 560 g/mol. The van der Waals surface area contributed by atoms with Gasteiger partial charge in [-0.15, -0.1) is 0 Å². The van der Waals surface area contributed by atoms with Crippen molar-refractivity contribution in [2.75, 3.05) is 16.0 Å². The fourth-order valence-electron chi connectivity index (χ4n) is 4.18. The molecule has 8 heteroatoms. The standard InChI is InChI=1S/C34H26N4O4/c35-31(39)30-28(22-14-16-25(17-15-22)36-32(40)23-8-3-1-4-9-23)12-7-13-29(30)34(42)38-27-20-18-26(19-21-27)37-33(41)24-10-5-2-6-11-24/h1-21H,(H2,35,39)(H,36,40)(H,37,41)(H,38,42)/i7T,12T,13T. The zero-order valence-electron chi connectivity index (χ0n) is 25.1. The molecule has 0 heterocycles. The van der Waals surface area contributed by atoms with Crippen molar-refractivity contribution < 1.29 is 23.3 Å². The fourth-order valence-corrected chi connectivity index (χ4v) is 4.18. The molecule has 0 aliphatic rings. The molecule has 42 heavy (non-hydrogen) atoms. The minimum absolute atomic E-state index is 0.0893. The van der Waals surface area contributed by atoms with Crippen molar-refractivity contribution in [2.45, 2.75) is 0 Å². The Morgan fingerprint density at radius 1 is 0.548 bits per heavy atom. The molecule has 0 unspecified atom stereocenters. The number of anilines is 3. The van der Waals surface area contributed by atoms with Gasteiger partial charge in [-0.2, -0.15) is 0 Å². The van der Waals surface area contributed by atoms with Gasteiger partial charge in [0.15, 0.2) is 0 Å². The number of hydrogen-bond acceptors (Lipinski definition) is 4. The number of carbonyl (C=O) groups is 4. The molecule has 0 atom stereocenters. The zero-order chi connectivity index (χ0) is 32.1. The van der Waals surface area contributed by atoms with Crippen molar-refractivity contribution in [1.29, 1.82) is 0 Å². The Balaban J connectivity index is 1.41. The number of rotatable bonds is 8. The molecule has 0 saturated carbocycles. The molecule has 0 bridgehead atoms. The van der Waals surface area contributed by atoms with Crippen LogP contribution in [0.25, 0.3) is 11.1 Å². The van der Waals surface area contributed by atoms with Crippen molar-refractivity contribution in [3.05, 3.63) is 150 Å². The van der Waals surface area contributed by atoms with Crippen LogP contribution in [-0.4, -0.2) is 23.6 Å². The molecule has 5 N–H and O–H groups in total. The SMILES string of the molecule is [3H]c1c([3H])c(C(=O)Nc2ccc(NC(=O)c3ccccc3)cc2)c(C(N)=O)c(-c2ccc(NC(=O)c3ccccc3)cc2)c1[3H]. The van der Waals surface area contributed by atoms with E-state index in [2.05, 4.69) is 16.0 Å². The third kappa shape index (κ3) is 6.40. The number of amides is 4. The van der Waals surface area contributed by atoms with Crippen molar-refractivity contribution in [2.24, 2.45) is 5.73 Å². The molecule has 0 spiro atoms. The largest absolute Gasteiger partial charge is 0.366 e. The van der Waals surface area contributed by atoms with E-state index in [4.69, 9.17) is 9.85 Å². The molecular formula is C34H26N4O4. The predicted molar refractivity (Wildman–Crippen MR) is 164 cm³/mol. The lowest BCUT2D eigenvalue weighted by molar-refractivity contribution is 0.0977. The Hall–Kier alpha value is -6.02. The van der Waals surface area contributed by atoms with E-state index in [-0.39, 0.29) is 34.2 Å². The third-order valence-corrected chi connectivity index (χ3v) is 6.25. The second kappa shape index (κ2) is 12.4. The smallest absolute Gasteiger partial charge is 0.256 e. The van der Waals surface area contributed by atoms with Crippen LogP contribution in [0.2, 0.25) is 0 Å². The number of hydrogen-bond donors (Lipinski definition) is 4. The number of benzene rings is 5. The fraction of sp³-hybridized carbons (Fsp3) is 0. The van der Waals surface area contributed by atoms with E-state index >= 15 is 0 Å². The van der Waals surface area contributed by atoms with Gasteiger partial charge >= 0.3 is 0 Å². The van der Waals surface area contributed by atoms with E-state index in [1.54, 1.807) is 84.9 Å². The molecule has 0 aromatic heterocycles. The van der Waals surface area contributed by atoms with Crippen LogP contribution in [-0.2, 0) is 0 Å². The topological polar surface area (TPSA) is 130 Å². The summed E-state index contributed by atoms with van der Waals surface area (Å²) in [5.74, 6) is -2.58. The molecule has 0 aliphatic heterocycles. The first kappa shape index (κ1) is 23.8. The van der Waals surface area contributed by atoms with Crippen LogP contribution in [0.15, 0.2) is 127 Å². The van der Waals surface area contributed by atoms with Gasteiger partial charge in [0.05, 0.1) is 15.2 Å². The first-order valence-electron chi connectivity index (χ1n) is 14.3. The normalized spacial score (nSPS) is 11.4. The molecule has 206 valence electrons. The Morgan fingerprint density at radius 3 is 1.43 bits per heavy atom. The zero-order valence-corrected chi connectivity index (χ0v) is 22.1. The molecule has 0 aliphatic carbocycles. The van der Waals surface area contributed by atoms with Gasteiger partial charge in [-0.25, -0.2) is 0 Å². The van der Waals surface area contributed by atoms with Crippen molar-refractivity contribution >= 4 is 40.7 Å². The van der Waals surface area contributed by atoms with Crippen LogP contribution in [0.4, 0.5) is 17.1 Å². The summed E-state index contributed by atoms with van der Waals surface area (Å²) in [6.07, 6.45) is 0. The van der Waals surface area contributed by atoms with Gasteiger partial charge < -0.3 is 21.7 Å². The van der Waals surface area contributed by atoms with Gasteiger partial charge in [0.1, 0.15) is 0 Å². The van der Waals surface area contributed by atoms with Gasteiger partial charge in [-0.1, -0.05) is 60.6 Å². The highest BCUT2D eigenvalue weighted by molar-refractivity contribution is 6.15. The summed E-state index contributed by atoms with van der Waals surface area (Å²) >= 11 is 0. The molecule has 5 aromatic rings. The van der Waals surface area contributed by atoms with Crippen LogP contribution in [0.1, 0.15) is 45.5 Å². The van der Waals surface area contributed by atoms with Gasteiger partial charge in [0.25, 0.3) is 17.7 Å². The van der Waals surface area contributed by atoms with E-state index in [1.165, 1.54) is 24.3 Å². The highest BCUT2D eigenvalue weighted by Gasteiger charge is 2.20. The lowest BCUT2D eigenvalue weighted by Gasteiger charge is -2.14. The first-order valence-corrected chi connectivity index (χ1v) is 12.8. The second-order valence-corrected chi connectivity index (χ2v) is 9.11. The van der Waals surface area contributed by atoms with E-state index in [1.807, 2.05) is 0 Å². The average Bonchev–Trinajstić information content (AvgIpc) is 3.05. The maximum absolute atomic E-state index is 13.5. The van der Waals surface area contributed by atoms with E-state index in [9.17, 15) is 19.2 Å². The van der Waals surface area contributed by atoms with Gasteiger partial charge in [-0.3, -0.25) is 19.2 Å². The highest BCUT2D eigenvalue weighted by Crippen LogP contribution is 2.28. The van der Waals surface area contributed by atoms with Crippen LogP contribution in [0.3, 0.4) is 0 Å². The quantitative estimate of drug-likeness (QED) is 0.180. The van der Waals surface area contributed by atoms with Crippen LogP contribution in [0.5, 0.6) is 0 Å². The van der Waals surface area contributed by atoms with E-state index in [0.717, 1.165) is 0 Å². The van der Waals surface area contributed by atoms with E-state index in [0.29, 0.717) is 22.5 Å². The van der Waals surface area contributed by atoms with Crippen molar-refractivity contribution in [3.63, 3.8) is 0 Å². The molecule has 0 radical (unpaired) electrons. The summed E-state index contributed by atoms with van der Waals surface area (Å²) in [4.78, 5) is 51.2. The molecule has 0 fully saturated rings. The maximum Gasteiger partial charge on any atom is 0.256 e. The van der Waals surface area contributed by atoms with Gasteiger partial charge in [0.2, 0.25) is 5.91 Å². The predicted octanol–water partition coefficient (Wildman–Crippen LogP) is 6.21. The minimum Gasteiger partial charge on any atom is -0.366 e. The second-order valence-electron chi connectivity index (χ2n) is 9.11. The molecule has 5 aromatic carbocycles. The summed E-state index contributed by atoms with van der Waals surface area (Å²) < 4.78 is 25.4. The Bertz CT molecular complexity index is 1920. The third-order valence-electron chi connectivity index (χ3n) is 6.25. The lowest BCUT2D eigenvalue weighted by atomic mass is 9.94. The molecule has 4 amide bonds. The van der Waals surface area contributed by atoms with Crippen LogP contribution >= 0.6 is 0 Å².